The van der Waals surface area contributed by atoms with Gasteiger partial charge in [0.05, 0.1) is 25.4 Å². The summed E-state index contributed by atoms with van der Waals surface area (Å²) in [6, 6.07) is 0. The third-order valence-corrected chi connectivity index (χ3v) is 4.56. The number of nitrogens with zero attached hydrogens (tertiary/aromatic N) is 2. The molecule has 0 spiro atoms. The van der Waals surface area contributed by atoms with Crippen LogP contribution < -0.4 is 11.4 Å². The van der Waals surface area contributed by atoms with Gasteiger partial charge in [-0.1, -0.05) is 6.08 Å². The Kier molecular flexibility index (Phi) is 8.00. The number of ether oxygens (including phenoxy) is 1. The number of nitrogen functional groups attached to an aromatic ring is 1. The fraction of sp³-hybridized carbons (Fsp3) is 0.500. The molecule has 0 saturated carbocycles. The van der Waals surface area contributed by atoms with Gasteiger partial charge in [-0.25, -0.2) is 4.79 Å². The predicted molar refractivity (Wildman–Crippen MR) is 88.9 cm³/mol. The zero-order valence-electron chi connectivity index (χ0n) is 13.9. The molecular weight excluding hydrogens is 337 g/mol. The zero-order chi connectivity index (χ0) is 18.2. The molecule has 1 aromatic rings. The first kappa shape index (κ1) is 20.2. The van der Waals surface area contributed by atoms with E-state index in [1.165, 1.54) is 25.0 Å². The number of Topliss-reactive ketones (excluding diaryl/α,β-unsaturated/α-hetero) is 1. The highest BCUT2D eigenvalue weighted by Gasteiger charge is 2.18. The number of rotatable bonds is 10. The van der Waals surface area contributed by atoms with Gasteiger partial charge in [-0.3, -0.25) is 13.9 Å². The molecule has 10 heteroatoms. The lowest BCUT2D eigenvalue weighted by Gasteiger charge is -2.12. The molecule has 0 bridgehead atoms. The molecule has 24 heavy (non-hydrogen) atoms. The van der Waals surface area contributed by atoms with Crippen LogP contribution in [0, 0.1) is 0 Å². The number of nitrogens with two attached hydrogens (primary N) is 1. The quantitative estimate of drug-likeness (QED) is 0.381. The van der Waals surface area contributed by atoms with Gasteiger partial charge in [-0.15, -0.1) is 0 Å². The number of hydrogen-bond donors (Lipinski definition) is 1. The van der Waals surface area contributed by atoms with Crippen molar-refractivity contribution in [3.63, 3.8) is 0 Å². The molecule has 0 aromatic carbocycles. The van der Waals surface area contributed by atoms with Gasteiger partial charge in [0.15, 0.2) is 5.78 Å². The summed E-state index contributed by atoms with van der Waals surface area (Å²) in [5, 5.41) is 0. The largest absolute Gasteiger partial charge is 0.383 e. The first-order valence-electron chi connectivity index (χ1n) is 7.35. The van der Waals surface area contributed by atoms with E-state index in [1.807, 2.05) is 0 Å². The maximum absolute atomic E-state index is 12.2. The van der Waals surface area contributed by atoms with Gasteiger partial charge in [0.2, 0.25) is 0 Å². The van der Waals surface area contributed by atoms with Crippen LogP contribution in [-0.4, -0.2) is 35.2 Å². The average molecular weight is 359 g/mol. The Hall–Kier alpha value is -1.80. The fourth-order valence-electron chi connectivity index (χ4n) is 1.74. The highest BCUT2D eigenvalue weighted by Crippen LogP contribution is 2.49. The van der Waals surface area contributed by atoms with Crippen molar-refractivity contribution >= 4 is 19.2 Å². The third kappa shape index (κ3) is 6.01. The minimum atomic E-state index is -3.27. The fourth-order valence-corrected chi connectivity index (χ4v) is 3.05. The Labute approximate surface area is 140 Å². The van der Waals surface area contributed by atoms with Crippen molar-refractivity contribution in [1.29, 1.82) is 0 Å². The summed E-state index contributed by atoms with van der Waals surface area (Å²) in [4.78, 5) is 26.6. The van der Waals surface area contributed by atoms with Crippen molar-refractivity contribution in [2.75, 3.05) is 25.6 Å². The number of carbonyl (C=O) groups is 1. The van der Waals surface area contributed by atoms with E-state index in [-0.39, 0.29) is 43.7 Å². The van der Waals surface area contributed by atoms with Gasteiger partial charge in [0.1, 0.15) is 12.5 Å². The van der Waals surface area contributed by atoms with Crippen LogP contribution in [-0.2, 0) is 25.1 Å². The Morgan fingerprint density at radius 3 is 2.54 bits per heavy atom. The monoisotopic (exact) mass is 359 g/mol. The van der Waals surface area contributed by atoms with Crippen LogP contribution in [0.15, 0.2) is 22.9 Å². The molecule has 0 amide bonds. The van der Waals surface area contributed by atoms with Crippen molar-refractivity contribution in [3.05, 3.63) is 34.1 Å². The van der Waals surface area contributed by atoms with Gasteiger partial charge < -0.3 is 19.5 Å². The normalized spacial score (nSPS) is 12.0. The van der Waals surface area contributed by atoms with E-state index >= 15 is 0 Å². The lowest BCUT2D eigenvalue weighted by molar-refractivity contribution is 0.0948. The van der Waals surface area contributed by atoms with Crippen molar-refractivity contribution in [2.45, 2.75) is 27.5 Å². The van der Waals surface area contributed by atoms with Crippen molar-refractivity contribution in [1.82, 2.24) is 9.55 Å². The van der Waals surface area contributed by atoms with Crippen LogP contribution in [0.25, 0.3) is 0 Å². The van der Waals surface area contributed by atoms with Crippen LogP contribution in [0.2, 0.25) is 0 Å². The van der Waals surface area contributed by atoms with Gasteiger partial charge in [-0.2, -0.15) is 4.98 Å². The SMILES string of the molecule is CCOP(=O)(C=CCOCn1cc(C(C)=O)c(N)nc1=O)OCC. The van der Waals surface area contributed by atoms with E-state index in [0.29, 0.717) is 0 Å². The smallest absolute Gasteiger partial charge is 0.353 e. The summed E-state index contributed by atoms with van der Waals surface area (Å²) in [6.07, 6.45) is 2.77. The van der Waals surface area contributed by atoms with E-state index in [0.717, 1.165) is 4.57 Å². The molecule has 1 aromatic heterocycles. The molecule has 1 heterocycles. The lowest BCUT2D eigenvalue weighted by atomic mass is 10.2. The summed E-state index contributed by atoms with van der Waals surface area (Å²) in [5.74, 6) is 0.895. The van der Waals surface area contributed by atoms with Crippen LogP contribution in [0.3, 0.4) is 0 Å². The topological polar surface area (TPSA) is 123 Å². The van der Waals surface area contributed by atoms with E-state index in [9.17, 15) is 14.2 Å². The number of hydrogen-bond acceptors (Lipinski definition) is 8. The van der Waals surface area contributed by atoms with Gasteiger partial charge in [0.25, 0.3) is 0 Å². The molecule has 0 atom stereocenters. The van der Waals surface area contributed by atoms with Crippen LogP contribution in [0.5, 0.6) is 0 Å². The lowest BCUT2D eigenvalue weighted by Crippen LogP contribution is -2.26. The van der Waals surface area contributed by atoms with E-state index in [4.69, 9.17) is 19.5 Å². The Balaban J connectivity index is 2.67. The second-order valence-electron chi connectivity index (χ2n) is 4.61. The third-order valence-electron chi connectivity index (χ3n) is 2.75. The molecule has 0 aliphatic carbocycles. The second-order valence-corrected chi connectivity index (χ2v) is 6.50. The Morgan fingerprint density at radius 1 is 1.38 bits per heavy atom. The predicted octanol–water partition coefficient (Wildman–Crippen LogP) is 1.78. The van der Waals surface area contributed by atoms with Crippen LogP contribution in [0.4, 0.5) is 5.82 Å². The molecule has 0 fully saturated rings. The van der Waals surface area contributed by atoms with Gasteiger partial charge in [0, 0.05) is 12.0 Å². The molecular formula is C14H22N3O6P. The molecule has 1 rings (SSSR count). The first-order valence-corrected chi connectivity index (χ1v) is 8.96. The zero-order valence-corrected chi connectivity index (χ0v) is 14.8. The molecule has 0 aliphatic rings. The van der Waals surface area contributed by atoms with Gasteiger partial charge in [-0.05, 0) is 20.8 Å². The minimum absolute atomic E-state index is 0.0658. The molecule has 0 aliphatic heterocycles. The first-order chi connectivity index (χ1) is 11.3. The van der Waals surface area contributed by atoms with Crippen molar-refractivity contribution in [2.24, 2.45) is 0 Å². The summed E-state index contributed by atoms with van der Waals surface area (Å²) in [5.41, 5.74) is 5.03. The minimum Gasteiger partial charge on any atom is -0.383 e. The maximum Gasteiger partial charge on any atom is 0.353 e. The highest BCUT2D eigenvalue weighted by atomic mass is 31.2. The number of anilines is 1. The summed E-state index contributed by atoms with van der Waals surface area (Å²) >= 11 is 0. The van der Waals surface area contributed by atoms with E-state index in [1.54, 1.807) is 13.8 Å². The molecule has 0 radical (unpaired) electrons. The molecule has 9 nitrogen and oxygen atoms in total. The molecule has 0 saturated heterocycles. The average Bonchev–Trinajstić information content (AvgIpc) is 2.49. The van der Waals surface area contributed by atoms with Crippen LogP contribution in [0.1, 0.15) is 31.1 Å². The number of aromatic nitrogens is 2. The maximum atomic E-state index is 12.2. The van der Waals surface area contributed by atoms with Crippen LogP contribution >= 0.6 is 7.60 Å². The standard InChI is InChI=1S/C14H22N3O6P/c1-4-22-24(20,23-5-2)8-6-7-21-10-17-9-12(11(3)18)13(15)16-14(17)19/h6,8-9H,4-5,7,10H2,1-3H3,(H2,15,16,19). The molecule has 0 unspecified atom stereocenters. The number of ketones is 1. The second kappa shape index (κ2) is 9.48. The van der Waals surface area contributed by atoms with Crippen molar-refractivity contribution < 1.29 is 23.1 Å². The molecule has 2 N–H and O–H groups in total. The van der Waals surface area contributed by atoms with E-state index in [2.05, 4.69) is 4.98 Å². The number of carbonyl (C=O) groups excluding carboxylic acids is 1. The Bertz CT molecular complexity index is 690. The van der Waals surface area contributed by atoms with Crippen molar-refractivity contribution in [3.8, 4) is 0 Å². The van der Waals surface area contributed by atoms with E-state index < -0.39 is 13.3 Å². The summed E-state index contributed by atoms with van der Waals surface area (Å²) in [6.45, 7) is 5.18. The van der Waals surface area contributed by atoms with Gasteiger partial charge >= 0.3 is 13.3 Å². The highest BCUT2D eigenvalue weighted by molar-refractivity contribution is 7.57. The molecule has 134 valence electrons. The summed E-state index contributed by atoms with van der Waals surface area (Å²) < 4.78 is 28.7. The summed E-state index contributed by atoms with van der Waals surface area (Å²) in [7, 11) is -3.27. The Morgan fingerprint density at radius 2 is 2.00 bits per heavy atom.